The standard InChI is InChI=1S/C13H12ClNO2/c1-15-8-2-3-12(15)13(16)17-9-10-4-6-11(14)7-5-10/h2-8H,9H2,1H3. The highest BCUT2D eigenvalue weighted by atomic mass is 35.5. The van der Waals surface area contributed by atoms with Crippen LogP contribution in [0.4, 0.5) is 0 Å². The lowest BCUT2D eigenvalue weighted by Crippen LogP contribution is -2.09. The van der Waals surface area contributed by atoms with E-state index in [1.165, 1.54) is 0 Å². The fourth-order valence-corrected chi connectivity index (χ4v) is 1.60. The van der Waals surface area contributed by atoms with Crippen molar-refractivity contribution in [1.29, 1.82) is 0 Å². The Balaban J connectivity index is 1.97. The normalized spacial score (nSPS) is 10.2. The SMILES string of the molecule is Cn1cccc1C(=O)OCc1ccc(Cl)cc1. The molecule has 0 atom stereocenters. The molecule has 3 nitrogen and oxygen atoms in total. The molecule has 0 unspecified atom stereocenters. The van der Waals surface area contributed by atoms with Crippen molar-refractivity contribution in [1.82, 2.24) is 4.57 Å². The van der Waals surface area contributed by atoms with Gasteiger partial charge in [0.25, 0.3) is 0 Å². The second-order valence-electron chi connectivity index (χ2n) is 3.71. The van der Waals surface area contributed by atoms with Gasteiger partial charge in [-0.05, 0) is 29.8 Å². The molecule has 0 aliphatic heterocycles. The Morgan fingerprint density at radius 2 is 2.00 bits per heavy atom. The number of hydrogen-bond acceptors (Lipinski definition) is 2. The van der Waals surface area contributed by atoms with E-state index in [9.17, 15) is 4.79 Å². The van der Waals surface area contributed by atoms with Gasteiger partial charge >= 0.3 is 5.97 Å². The van der Waals surface area contributed by atoms with E-state index in [0.717, 1.165) is 5.56 Å². The van der Waals surface area contributed by atoms with Crippen LogP contribution in [-0.4, -0.2) is 10.5 Å². The number of hydrogen-bond donors (Lipinski definition) is 0. The van der Waals surface area contributed by atoms with Crippen molar-refractivity contribution in [2.75, 3.05) is 0 Å². The summed E-state index contributed by atoms with van der Waals surface area (Å²) in [6.45, 7) is 0.251. The lowest BCUT2D eigenvalue weighted by molar-refractivity contribution is 0.0461. The molecular formula is C13H12ClNO2. The Labute approximate surface area is 105 Å². The summed E-state index contributed by atoms with van der Waals surface area (Å²) < 4.78 is 6.92. The summed E-state index contributed by atoms with van der Waals surface area (Å²) in [6, 6.07) is 10.7. The van der Waals surface area contributed by atoms with Crippen molar-refractivity contribution < 1.29 is 9.53 Å². The van der Waals surface area contributed by atoms with Gasteiger partial charge in [0.1, 0.15) is 12.3 Å². The summed E-state index contributed by atoms with van der Waals surface area (Å²) in [6.07, 6.45) is 1.80. The first-order valence-corrected chi connectivity index (χ1v) is 5.57. The average Bonchev–Trinajstić information content (AvgIpc) is 2.74. The zero-order valence-electron chi connectivity index (χ0n) is 9.39. The van der Waals surface area contributed by atoms with Crippen LogP contribution in [0.1, 0.15) is 16.1 Å². The van der Waals surface area contributed by atoms with Crippen molar-refractivity contribution in [3.63, 3.8) is 0 Å². The van der Waals surface area contributed by atoms with E-state index in [-0.39, 0.29) is 12.6 Å². The predicted octanol–water partition coefficient (Wildman–Crippen LogP) is 3.04. The summed E-state index contributed by atoms with van der Waals surface area (Å²) in [5, 5.41) is 0.669. The van der Waals surface area contributed by atoms with Crippen LogP contribution in [-0.2, 0) is 18.4 Å². The highest BCUT2D eigenvalue weighted by Gasteiger charge is 2.09. The number of benzene rings is 1. The summed E-state index contributed by atoms with van der Waals surface area (Å²) in [4.78, 5) is 11.7. The molecule has 0 aliphatic rings. The number of ether oxygens (including phenoxy) is 1. The molecule has 0 saturated heterocycles. The van der Waals surface area contributed by atoms with Crippen molar-refractivity contribution in [3.05, 3.63) is 58.9 Å². The van der Waals surface area contributed by atoms with Crippen LogP contribution in [0.2, 0.25) is 5.02 Å². The minimum Gasteiger partial charge on any atom is -0.456 e. The molecule has 0 amide bonds. The maximum atomic E-state index is 11.7. The maximum absolute atomic E-state index is 11.7. The van der Waals surface area contributed by atoms with Crippen LogP contribution in [0.15, 0.2) is 42.6 Å². The molecule has 1 aromatic heterocycles. The number of aryl methyl sites for hydroxylation is 1. The molecule has 4 heteroatoms. The Bertz CT molecular complexity index is 516. The molecule has 0 aliphatic carbocycles. The lowest BCUT2D eigenvalue weighted by atomic mass is 10.2. The number of carbonyl (C=O) groups is 1. The number of aromatic nitrogens is 1. The molecule has 17 heavy (non-hydrogen) atoms. The van der Waals surface area contributed by atoms with E-state index >= 15 is 0 Å². The van der Waals surface area contributed by atoms with Crippen LogP contribution >= 0.6 is 11.6 Å². The first-order valence-electron chi connectivity index (χ1n) is 5.20. The van der Waals surface area contributed by atoms with Gasteiger partial charge in [-0.3, -0.25) is 0 Å². The van der Waals surface area contributed by atoms with Crippen LogP contribution in [0, 0.1) is 0 Å². The molecule has 88 valence electrons. The predicted molar refractivity (Wildman–Crippen MR) is 66.0 cm³/mol. The molecule has 2 aromatic rings. The Morgan fingerprint density at radius 3 is 2.59 bits per heavy atom. The highest BCUT2D eigenvalue weighted by molar-refractivity contribution is 6.30. The monoisotopic (exact) mass is 249 g/mol. The fourth-order valence-electron chi connectivity index (χ4n) is 1.48. The van der Waals surface area contributed by atoms with E-state index in [4.69, 9.17) is 16.3 Å². The first-order chi connectivity index (χ1) is 8.16. The van der Waals surface area contributed by atoms with Gasteiger partial charge in [0.2, 0.25) is 0 Å². The molecule has 1 heterocycles. The van der Waals surface area contributed by atoms with E-state index in [0.29, 0.717) is 10.7 Å². The molecule has 0 bridgehead atoms. The zero-order valence-corrected chi connectivity index (χ0v) is 10.1. The average molecular weight is 250 g/mol. The van der Waals surface area contributed by atoms with Crippen LogP contribution in [0.25, 0.3) is 0 Å². The van der Waals surface area contributed by atoms with Crippen molar-refractivity contribution in [2.45, 2.75) is 6.61 Å². The van der Waals surface area contributed by atoms with Gasteiger partial charge in [-0.2, -0.15) is 0 Å². The third kappa shape index (κ3) is 2.88. The smallest absolute Gasteiger partial charge is 0.355 e. The topological polar surface area (TPSA) is 31.2 Å². The number of rotatable bonds is 3. The number of halogens is 1. The molecule has 2 rings (SSSR count). The van der Waals surface area contributed by atoms with Gasteiger partial charge < -0.3 is 9.30 Å². The van der Waals surface area contributed by atoms with Crippen LogP contribution < -0.4 is 0 Å². The minimum absolute atomic E-state index is 0.251. The van der Waals surface area contributed by atoms with Gasteiger partial charge in [-0.25, -0.2) is 4.79 Å². The lowest BCUT2D eigenvalue weighted by Gasteiger charge is -2.05. The third-order valence-corrected chi connectivity index (χ3v) is 2.69. The first kappa shape index (κ1) is 11.7. The molecular weight excluding hydrogens is 238 g/mol. The highest BCUT2D eigenvalue weighted by Crippen LogP contribution is 2.11. The van der Waals surface area contributed by atoms with Gasteiger partial charge in [-0.15, -0.1) is 0 Å². The summed E-state index contributed by atoms with van der Waals surface area (Å²) in [5.74, 6) is -0.326. The quantitative estimate of drug-likeness (QED) is 0.783. The summed E-state index contributed by atoms with van der Waals surface area (Å²) >= 11 is 5.77. The largest absolute Gasteiger partial charge is 0.456 e. The summed E-state index contributed by atoms with van der Waals surface area (Å²) in [5.41, 5.74) is 1.45. The van der Waals surface area contributed by atoms with Gasteiger partial charge in [0.05, 0.1) is 0 Å². The molecule has 0 spiro atoms. The Kier molecular flexibility index (Phi) is 3.49. The fraction of sp³-hybridized carbons (Fsp3) is 0.154. The van der Waals surface area contributed by atoms with E-state index in [2.05, 4.69) is 0 Å². The second-order valence-corrected chi connectivity index (χ2v) is 4.14. The van der Waals surface area contributed by atoms with Crippen molar-refractivity contribution in [2.24, 2.45) is 7.05 Å². The van der Waals surface area contributed by atoms with Gasteiger partial charge in [-0.1, -0.05) is 23.7 Å². The maximum Gasteiger partial charge on any atom is 0.355 e. The number of carbonyl (C=O) groups excluding carboxylic acids is 1. The van der Waals surface area contributed by atoms with Gasteiger partial charge in [0, 0.05) is 18.3 Å². The summed E-state index contributed by atoms with van der Waals surface area (Å²) in [7, 11) is 1.80. The van der Waals surface area contributed by atoms with E-state index in [1.807, 2.05) is 12.1 Å². The van der Waals surface area contributed by atoms with Crippen LogP contribution in [0.5, 0.6) is 0 Å². The number of nitrogens with zero attached hydrogens (tertiary/aromatic N) is 1. The molecule has 0 N–H and O–H groups in total. The molecule has 0 saturated carbocycles. The van der Waals surface area contributed by atoms with Crippen molar-refractivity contribution in [3.8, 4) is 0 Å². The third-order valence-electron chi connectivity index (χ3n) is 2.44. The zero-order chi connectivity index (χ0) is 12.3. The van der Waals surface area contributed by atoms with E-state index < -0.39 is 0 Å². The second kappa shape index (κ2) is 5.06. The molecule has 0 fully saturated rings. The minimum atomic E-state index is -0.326. The molecule has 1 aromatic carbocycles. The van der Waals surface area contributed by atoms with Gasteiger partial charge in [0.15, 0.2) is 0 Å². The Morgan fingerprint density at radius 1 is 1.29 bits per heavy atom. The number of esters is 1. The Hall–Kier alpha value is -1.74. The van der Waals surface area contributed by atoms with Crippen molar-refractivity contribution >= 4 is 17.6 Å². The van der Waals surface area contributed by atoms with Crippen LogP contribution in [0.3, 0.4) is 0 Å². The molecule has 0 radical (unpaired) electrons. The van der Waals surface area contributed by atoms with E-state index in [1.54, 1.807) is 42.1 Å².